The van der Waals surface area contributed by atoms with Crippen LogP contribution in [0, 0.1) is 0 Å². The number of ether oxygens (including phenoxy) is 9. The van der Waals surface area contributed by atoms with Gasteiger partial charge in [0.15, 0.2) is 18.5 Å². The lowest BCUT2D eigenvalue weighted by Gasteiger charge is -2.48. The Labute approximate surface area is 274 Å². The van der Waals surface area contributed by atoms with Gasteiger partial charge in [-0.2, -0.15) is 13.2 Å². The number of carbonyl (C=O) groups excluding carboxylic acids is 7. The van der Waals surface area contributed by atoms with Crippen molar-refractivity contribution in [2.45, 2.75) is 109 Å². The lowest BCUT2D eigenvalue weighted by molar-refractivity contribution is -0.329. The molecule has 49 heavy (non-hydrogen) atoms. The molecular weight excluding hydrogens is 681 g/mol. The maximum atomic E-state index is 13.5. The fourth-order valence-electron chi connectivity index (χ4n) is 4.72. The molecule has 0 aromatic heterocycles. The number of rotatable bonds is 12. The molecule has 0 aromatic carbocycles. The zero-order chi connectivity index (χ0) is 37.2. The Morgan fingerprint density at radius 3 is 1.57 bits per heavy atom. The van der Waals surface area contributed by atoms with Gasteiger partial charge in [0.2, 0.25) is 6.29 Å². The van der Waals surface area contributed by atoms with E-state index < -0.39 is 122 Å². The van der Waals surface area contributed by atoms with Crippen LogP contribution in [0.15, 0.2) is 5.11 Å². The summed E-state index contributed by atoms with van der Waals surface area (Å²) < 4.78 is 88.7. The summed E-state index contributed by atoms with van der Waals surface area (Å²) in [5.74, 6) is -8.65. The number of esters is 6. The van der Waals surface area contributed by atoms with Gasteiger partial charge in [0.25, 0.3) is 0 Å². The van der Waals surface area contributed by atoms with Crippen molar-refractivity contribution in [2.75, 3.05) is 13.2 Å². The summed E-state index contributed by atoms with van der Waals surface area (Å²) in [6.07, 6.45) is -20.5. The number of halogens is 3. The lowest BCUT2D eigenvalue weighted by atomic mass is 9.94. The summed E-state index contributed by atoms with van der Waals surface area (Å²) in [4.78, 5) is 86.5. The van der Waals surface area contributed by atoms with Crippen LogP contribution in [-0.2, 0) is 76.2 Å². The number of carbonyl (C=O) groups is 7. The van der Waals surface area contributed by atoms with Gasteiger partial charge in [-0.15, -0.1) is 0 Å². The van der Waals surface area contributed by atoms with Crippen LogP contribution in [0.25, 0.3) is 10.4 Å². The first-order chi connectivity index (χ1) is 22.7. The number of nitrogens with one attached hydrogen (secondary N) is 1. The number of azide groups is 1. The number of alkyl halides is 3. The third-order valence-electron chi connectivity index (χ3n) is 6.38. The maximum Gasteiger partial charge on any atom is 0.471 e. The van der Waals surface area contributed by atoms with Gasteiger partial charge in [-0.3, -0.25) is 33.6 Å². The van der Waals surface area contributed by atoms with Gasteiger partial charge in [-0.1, -0.05) is 5.11 Å². The minimum atomic E-state index is -5.55. The Morgan fingerprint density at radius 2 is 1.12 bits per heavy atom. The summed E-state index contributed by atoms with van der Waals surface area (Å²) in [6, 6.07) is -3.98. The summed E-state index contributed by atoms with van der Waals surface area (Å²) in [5.41, 5.74) is 9.25. The summed E-state index contributed by atoms with van der Waals surface area (Å²) in [5, 5.41) is 5.02. The molecule has 23 heteroatoms. The fraction of sp³-hybridized carbons (Fsp3) is 0.731. The van der Waals surface area contributed by atoms with E-state index in [2.05, 4.69) is 10.0 Å². The van der Waals surface area contributed by atoms with Crippen molar-refractivity contribution in [3.8, 4) is 0 Å². The third-order valence-corrected chi connectivity index (χ3v) is 6.38. The molecule has 0 radical (unpaired) electrons. The molecule has 274 valence electrons. The van der Waals surface area contributed by atoms with Gasteiger partial charge >= 0.3 is 47.9 Å². The summed E-state index contributed by atoms with van der Waals surface area (Å²) in [7, 11) is 0. The van der Waals surface area contributed by atoms with Crippen molar-refractivity contribution < 1.29 is 89.4 Å². The van der Waals surface area contributed by atoms with Crippen LogP contribution in [0.4, 0.5) is 13.2 Å². The van der Waals surface area contributed by atoms with Crippen molar-refractivity contribution in [3.05, 3.63) is 10.4 Å². The van der Waals surface area contributed by atoms with Crippen molar-refractivity contribution >= 4 is 41.7 Å². The molecule has 2 saturated heterocycles. The predicted molar refractivity (Wildman–Crippen MR) is 145 cm³/mol. The molecule has 2 fully saturated rings. The van der Waals surface area contributed by atoms with Gasteiger partial charge in [0.05, 0.1) is 0 Å². The monoisotopic (exact) mass is 714 g/mol. The topological polar surface area (TPSA) is 263 Å². The van der Waals surface area contributed by atoms with Gasteiger partial charge in [-0.25, -0.2) is 0 Å². The van der Waals surface area contributed by atoms with E-state index in [4.69, 9.17) is 42.6 Å². The number of nitrogens with zero attached hydrogens (tertiary/aromatic N) is 3. The van der Waals surface area contributed by atoms with Crippen LogP contribution in [0.2, 0.25) is 0 Å². The first kappa shape index (κ1) is 40.4. The standard InChI is InChI=1S/C26H33F3N4O16/c1-9(34)41-7-15-19(43-11(3)36)21(44-12(4)37)17(31-25(40)26(27,28)29)23(47-15)49-20-16(8-42-10(2)35)48-24(46-14(6)39)18(32-33-30)22(20)45-13(5)38/h15-24H,7-8H2,1-6H3,(H,31,40)/t15?,16?,17?,18?,19-,20-,21+,22+,23-,24?/m0/s1. The molecule has 2 aliphatic heterocycles. The van der Waals surface area contributed by atoms with E-state index in [0.29, 0.717) is 0 Å². The SMILES string of the molecule is CC(=O)OCC1OC(OC(C)=O)C(N=[N+]=[N-])[C@@H](OC(C)=O)[C@H]1O[C@@H]1OC(COC(C)=O)[C@H](OC(C)=O)[C@H](OC(C)=O)C1NC(=O)C(F)(F)F. The molecule has 10 atom stereocenters. The van der Waals surface area contributed by atoms with Crippen molar-refractivity contribution in [1.29, 1.82) is 0 Å². The van der Waals surface area contributed by atoms with E-state index in [9.17, 15) is 52.3 Å². The average Bonchev–Trinajstić information content (AvgIpc) is 2.95. The highest BCUT2D eigenvalue weighted by Gasteiger charge is 2.57. The van der Waals surface area contributed by atoms with Crippen LogP contribution >= 0.6 is 0 Å². The van der Waals surface area contributed by atoms with Gasteiger partial charge < -0.3 is 47.9 Å². The molecule has 0 saturated carbocycles. The summed E-state index contributed by atoms with van der Waals surface area (Å²) in [6.45, 7) is 3.98. The first-order valence-electron chi connectivity index (χ1n) is 14.1. The normalized spacial score (nSPS) is 29.6. The Bertz CT molecular complexity index is 1330. The van der Waals surface area contributed by atoms with E-state index in [1.807, 2.05) is 0 Å². The molecule has 1 amide bonds. The van der Waals surface area contributed by atoms with Crippen LogP contribution in [0.3, 0.4) is 0 Å². The van der Waals surface area contributed by atoms with E-state index in [0.717, 1.165) is 41.5 Å². The highest BCUT2D eigenvalue weighted by atomic mass is 19.4. The average molecular weight is 715 g/mol. The van der Waals surface area contributed by atoms with E-state index >= 15 is 0 Å². The highest BCUT2D eigenvalue weighted by Crippen LogP contribution is 2.35. The fourth-order valence-corrected chi connectivity index (χ4v) is 4.72. The molecule has 2 aliphatic rings. The molecule has 0 spiro atoms. The zero-order valence-corrected chi connectivity index (χ0v) is 26.7. The van der Waals surface area contributed by atoms with Crippen LogP contribution in [0.1, 0.15) is 41.5 Å². The maximum absolute atomic E-state index is 13.5. The summed E-state index contributed by atoms with van der Waals surface area (Å²) >= 11 is 0. The van der Waals surface area contributed by atoms with Gasteiger partial charge in [-0.05, 0) is 5.53 Å². The Hall–Kier alpha value is -4.73. The van der Waals surface area contributed by atoms with E-state index in [-0.39, 0.29) is 0 Å². The second-order valence-corrected chi connectivity index (χ2v) is 10.3. The third kappa shape index (κ3) is 12.0. The van der Waals surface area contributed by atoms with Crippen molar-refractivity contribution in [1.82, 2.24) is 5.32 Å². The number of hydrogen-bond acceptors (Lipinski definition) is 17. The molecule has 20 nitrogen and oxygen atoms in total. The molecule has 2 heterocycles. The highest BCUT2D eigenvalue weighted by molar-refractivity contribution is 5.82. The Balaban J connectivity index is 2.80. The quantitative estimate of drug-likeness (QED) is 0.0919. The molecule has 0 aliphatic carbocycles. The Kier molecular flexibility index (Phi) is 14.5. The van der Waals surface area contributed by atoms with Crippen LogP contribution in [-0.4, -0.2) is 122 Å². The predicted octanol–water partition coefficient (Wildman–Crippen LogP) is 0.0318. The minimum absolute atomic E-state index is 0.773. The largest absolute Gasteiger partial charge is 0.471 e. The van der Waals surface area contributed by atoms with Crippen molar-refractivity contribution in [3.63, 3.8) is 0 Å². The van der Waals surface area contributed by atoms with E-state index in [1.165, 1.54) is 0 Å². The molecule has 0 aromatic rings. The van der Waals surface area contributed by atoms with Crippen molar-refractivity contribution in [2.24, 2.45) is 5.11 Å². The van der Waals surface area contributed by atoms with E-state index in [1.54, 1.807) is 5.32 Å². The second-order valence-electron chi connectivity index (χ2n) is 10.3. The molecular formula is C26H33F3N4O16. The van der Waals surface area contributed by atoms with Crippen LogP contribution < -0.4 is 5.32 Å². The Morgan fingerprint density at radius 1 is 0.673 bits per heavy atom. The van der Waals surface area contributed by atoms with Gasteiger partial charge in [0, 0.05) is 46.5 Å². The molecule has 0 bridgehead atoms. The lowest BCUT2D eigenvalue weighted by Crippen LogP contribution is -2.70. The first-order valence-corrected chi connectivity index (χ1v) is 14.1. The molecule has 1 N–H and O–H groups in total. The zero-order valence-electron chi connectivity index (χ0n) is 26.7. The van der Waals surface area contributed by atoms with Crippen LogP contribution in [0.5, 0.6) is 0 Å². The molecule has 5 unspecified atom stereocenters. The minimum Gasteiger partial charge on any atom is -0.463 e. The smallest absolute Gasteiger partial charge is 0.463 e. The number of hydrogen-bond donors (Lipinski definition) is 1. The number of amides is 1. The molecule has 2 rings (SSSR count). The second kappa shape index (κ2) is 17.6. The van der Waals surface area contributed by atoms with Gasteiger partial charge in [0.1, 0.15) is 49.7 Å².